The van der Waals surface area contributed by atoms with Crippen molar-refractivity contribution in [2.45, 2.75) is 25.7 Å². The van der Waals surface area contributed by atoms with Gasteiger partial charge in [-0.15, -0.1) is 13.2 Å². The molecule has 0 saturated heterocycles. The highest BCUT2D eigenvalue weighted by Crippen LogP contribution is 2.33. The van der Waals surface area contributed by atoms with Crippen LogP contribution >= 0.6 is 0 Å². The fourth-order valence-corrected chi connectivity index (χ4v) is 3.66. The third kappa shape index (κ3) is 7.90. The second kappa shape index (κ2) is 12.2. The first-order chi connectivity index (χ1) is 18.4. The summed E-state index contributed by atoms with van der Waals surface area (Å²) < 4.78 is 53.7. The number of aromatic hydroxyl groups is 1. The number of ether oxygens (including phenoxy) is 3. The van der Waals surface area contributed by atoms with Crippen molar-refractivity contribution in [2.75, 3.05) is 19.0 Å². The van der Waals surface area contributed by atoms with Crippen molar-refractivity contribution in [3.63, 3.8) is 0 Å². The molecule has 0 radical (unpaired) electrons. The highest BCUT2D eigenvalue weighted by Gasteiger charge is 2.31. The van der Waals surface area contributed by atoms with Gasteiger partial charge in [-0.1, -0.05) is 12.1 Å². The van der Waals surface area contributed by atoms with E-state index in [1.807, 2.05) is 0 Å². The molecule has 0 aliphatic rings. The Morgan fingerprint density at radius 2 is 1.79 bits per heavy atom. The Morgan fingerprint density at radius 3 is 2.46 bits per heavy atom. The topological polar surface area (TPSA) is 128 Å². The summed E-state index contributed by atoms with van der Waals surface area (Å²) in [6, 6.07) is 9.19. The van der Waals surface area contributed by atoms with E-state index in [2.05, 4.69) is 15.4 Å². The molecular weight excluding hydrogens is 523 g/mol. The molecule has 0 unspecified atom stereocenters. The molecule has 1 aromatic heterocycles. The van der Waals surface area contributed by atoms with E-state index in [1.165, 1.54) is 44.6 Å². The Morgan fingerprint density at radius 1 is 1.08 bits per heavy atom. The highest BCUT2D eigenvalue weighted by molar-refractivity contribution is 5.91. The second-order valence-electron chi connectivity index (χ2n) is 8.22. The van der Waals surface area contributed by atoms with Gasteiger partial charge in [-0.2, -0.15) is 0 Å². The number of carbonyl (C=O) groups excluding carboxylic acids is 2. The summed E-state index contributed by atoms with van der Waals surface area (Å²) in [5.74, 6) is -1.25. The van der Waals surface area contributed by atoms with Gasteiger partial charge < -0.3 is 34.5 Å². The molecule has 0 aliphatic carbocycles. The van der Waals surface area contributed by atoms with Gasteiger partial charge in [0, 0.05) is 13.2 Å². The number of halogens is 3. The summed E-state index contributed by atoms with van der Waals surface area (Å²) in [6.45, 7) is 1.70. The molecule has 3 rings (SSSR count). The molecule has 10 nitrogen and oxygen atoms in total. The number of aryl methyl sites for hydroxylation is 1. The van der Waals surface area contributed by atoms with Gasteiger partial charge in [0.1, 0.15) is 17.2 Å². The lowest BCUT2D eigenvalue weighted by atomic mass is 9.97. The standard InChI is InChI=1S/C26H26F3N3O7/c1-4-38-22(34)14-20(30-25(36)31-23-21(33)8-9-32(2)24(23)35)17-10-16(12-19(13-17)37-3)15-6-5-7-18(11-15)39-26(27,28)29/h5-13,20,33H,4,14H2,1-3H3,(H2,30,31,36)/t20-/m0/s1. The first kappa shape index (κ1) is 28.9. The lowest BCUT2D eigenvalue weighted by molar-refractivity contribution is -0.274. The average Bonchev–Trinajstić information content (AvgIpc) is 2.87. The number of carbonyl (C=O) groups is 2. The average molecular weight is 550 g/mol. The zero-order valence-electron chi connectivity index (χ0n) is 21.2. The molecule has 0 spiro atoms. The minimum atomic E-state index is -4.88. The van der Waals surface area contributed by atoms with E-state index < -0.39 is 41.5 Å². The van der Waals surface area contributed by atoms with Gasteiger partial charge in [-0.3, -0.25) is 9.59 Å². The van der Waals surface area contributed by atoms with E-state index in [0.29, 0.717) is 16.7 Å². The van der Waals surface area contributed by atoms with Crippen molar-refractivity contribution >= 4 is 17.7 Å². The monoisotopic (exact) mass is 549 g/mol. The Labute approximate surface area is 220 Å². The van der Waals surface area contributed by atoms with Gasteiger partial charge in [0.2, 0.25) is 0 Å². The molecule has 2 amide bonds. The third-order valence-electron chi connectivity index (χ3n) is 5.43. The number of nitrogens with zero attached hydrogens (tertiary/aromatic N) is 1. The summed E-state index contributed by atoms with van der Waals surface area (Å²) in [7, 11) is 2.81. The number of nitrogens with one attached hydrogen (secondary N) is 2. The van der Waals surface area contributed by atoms with Crippen molar-refractivity contribution in [1.29, 1.82) is 0 Å². The minimum Gasteiger partial charge on any atom is -0.505 e. The maximum Gasteiger partial charge on any atom is 0.573 e. The number of alkyl halides is 3. The summed E-state index contributed by atoms with van der Waals surface area (Å²) in [4.78, 5) is 37.5. The first-order valence-corrected chi connectivity index (χ1v) is 11.6. The molecule has 0 saturated carbocycles. The van der Waals surface area contributed by atoms with Crippen LogP contribution in [-0.2, 0) is 16.6 Å². The van der Waals surface area contributed by atoms with Crippen LogP contribution in [0.2, 0.25) is 0 Å². The van der Waals surface area contributed by atoms with E-state index in [9.17, 15) is 32.7 Å². The number of methoxy groups -OCH3 is 1. The molecule has 1 heterocycles. The van der Waals surface area contributed by atoms with Crippen LogP contribution in [0.1, 0.15) is 24.9 Å². The van der Waals surface area contributed by atoms with E-state index >= 15 is 0 Å². The number of hydrogen-bond acceptors (Lipinski definition) is 7. The van der Waals surface area contributed by atoms with Crippen LogP contribution in [-0.4, -0.2) is 41.8 Å². The highest BCUT2D eigenvalue weighted by atomic mass is 19.4. The number of esters is 1. The smallest absolute Gasteiger partial charge is 0.505 e. The van der Waals surface area contributed by atoms with Crippen LogP contribution in [0.3, 0.4) is 0 Å². The molecule has 2 aromatic carbocycles. The number of pyridine rings is 1. The zero-order valence-corrected chi connectivity index (χ0v) is 21.2. The molecule has 13 heteroatoms. The van der Waals surface area contributed by atoms with Gasteiger partial charge in [0.05, 0.1) is 26.2 Å². The molecule has 0 aliphatic heterocycles. The quantitative estimate of drug-likeness (QED) is 0.336. The SMILES string of the molecule is CCOC(=O)C[C@H](NC(=O)Nc1c(O)ccn(C)c1=O)c1cc(OC)cc(-c2cccc(OC(F)(F)F)c2)c1. The molecule has 0 bridgehead atoms. The van der Waals surface area contributed by atoms with Crippen LogP contribution in [0.15, 0.2) is 59.5 Å². The fourth-order valence-electron chi connectivity index (χ4n) is 3.66. The second-order valence-corrected chi connectivity index (χ2v) is 8.22. The minimum absolute atomic E-state index is 0.0844. The lowest BCUT2D eigenvalue weighted by Crippen LogP contribution is -2.36. The number of anilines is 1. The van der Waals surface area contributed by atoms with E-state index in [4.69, 9.17) is 9.47 Å². The van der Waals surface area contributed by atoms with E-state index in [-0.39, 0.29) is 24.5 Å². The van der Waals surface area contributed by atoms with Crippen LogP contribution < -0.4 is 25.7 Å². The molecule has 0 fully saturated rings. The largest absolute Gasteiger partial charge is 0.573 e. The number of rotatable bonds is 9. The molecule has 1 atom stereocenters. The summed E-state index contributed by atoms with van der Waals surface area (Å²) in [5, 5.41) is 14.9. The van der Waals surface area contributed by atoms with Crippen LogP contribution in [0, 0.1) is 0 Å². The Kier molecular flexibility index (Phi) is 9.07. The van der Waals surface area contributed by atoms with E-state index in [1.54, 1.807) is 25.1 Å². The Hall–Kier alpha value is -4.68. The van der Waals surface area contributed by atoms with Crippen LogP contribution in [0.25, 0.3) is 11.1 Å². The molecule has 3 N–H and O–H groups in total. The van der Waals surface area contributed by atoms with Gasteiger partial charge in [0.25, 0.3) is 5.56 Å². The maximum absolute atomic E-state index is 12.9. The van der Waals surface area contributed by atoms with Crippen molar-refractivity contribution in [3.05, 3.63) is 70.6 Å². The van der Waals surface area contributed by atoms with Gasteiger partial charge in [0.15, 0.2) is 5.69 Å². The van der Waals surface area contributed by atoms with Crippen molar-refractivity contribution in [2.24, 2.45) is 7.05 Å². The number of aromatic nitrogens is 1. The van der Waals surface area contributed by atoms with Crippen molar-refractivity contribution < 1.29 is 42.1 Å². The predicted octanol–water partition coefficient (Wildman–Crippen LogP) is 4.48. The maximum atomic E-state index is 12.9. The molecule has 39 heavy (non-hydrogen) atoms. The summed E-state index contributed by atoms with van der Waals surface area (Å²) in [6.07, 6.45) is -3.89. The Bertz CT molecular complexity index is 1410. The summed E-state index contributed by atoms with van der Waals surface area (Å²) >= 11 is 0. The Balaban J connectivity index is 1.99. The first-order valence-electron chi connectivity index (χ1n) is 11.6. The molecule has 208 valence electrons. The fraction of sp³-hybridized carbons (Fsp3) is 0.269. The molecule has 3 aromatic rings. The van der Waals surface area contributed by atoms with Crippen molar-refractivity contribution in [3.8, 4) is 28.4 Å². The van der Waals surface area contributed by atoms with Gasteiger partial charge in [-0.05, 0) is 60.0 Å². The molecular formula is C26H26F3N3O7. The van der Waals surface area contributed by atoms with Crippen LogP contribution in [0.5, 0.6) is 17.2 Å². The van der Waals surface area contributed by atoms with E-state index in [0.717, 1.165) is 10.6 Å². The number of hydrogen-bond donors (Lipinski definition) is 3. The van der Waals surface area contributed by atoms with Crippen molar-refractivity contribution in [1.82, 2.24) is 9.88 Å². The normalized spacial score (nSPS) is 11.8. The number of amides is 2. The zero-order chi connectivity index (χ0) is 28.7. The summed E-state index contributed by atoms with van der Waals surface area (Å²) in [5.41, 5.74) is 0.0494. The van der Waals surface area contributed by atoms with Gasteiger partial charge >= 0.3 is 18.4 Å². The van der Waals surface area contributed by atoms with Gasteiger partial charge in [-0.25, -0.2) is 4.79 Å². The lowest BCUT2D eigenvalue weighted by Gasteiger charge is -2.21. The third-order valence-corrected chi connectivity index (χ3v) is 5.43. The van der Waals surface area contributed by atoms with Crippen LogP contribution in [0.4, 0.5) is 23.7 Å². The number of urea groups is 1. The predicted molar refractivity (Wildman–Crippen MR) is 135 cm³/mol. The number of benzene rings is 2.